The molecule has 3 heteroatoms. The number of aryl methyl sites for hydroxylation is 1. The zero-order valence-electron chi connectivity index (χ0n) is 12.5. The summed E-state index contributed by atoms with van der Waals surface area (Å²) in [5.41, 5.74) is 9.64. The maximum atomic E-state index is 6.15. The zero-order chi connectivity index (χ0) is 14.7. The van der Waals surface area contributed by atoms with Crippen LogP contribution >= 0.6 is 0 Å². The van der Waals surface area contributed by atoms with E-state index in [-0.39, 0.29) is 12.1 Å². The van der Waals surface area contributed by atoms with Crippen LogP contribution in [-0.4, -0.2) is 4.98 Å². The van der Waals surface area contributed by atoms with Crippen molar-refractivity contribution >= 4 is 0 Å². The van der Waals surface area contributed by atoms with Crippen molar-refractivity contribution in [1.29, 1.82) is 0 Å². The molecule has 0 fully saturated rings. The summed E-state index contributed by atoms with van der Waals surface area (Å²) in [6.07, 6.45) is 6.22. The van der Waals surface area contributed by atoms with E-state index in [1.165, 1.54) is 17.5 Å². The maximum absolute atomic E-state index is 6.15. The summed E-state index contributed by atoms with van der Waals surface area (Å²) in [5, 5.41) is 0. The lowest BCUT2D eigenvalue weighted by atomic mass is 9.89. The van der Waals surface area contributed by atoms with Crippen LogP contribution in [-0.2, 0) is 6.42 Å². The van der Waals surface area contributed by atoms with Crippen LogP contribution in [0.2, 0.25) is 0 Å². The normalized spacial score (nSPS) is 18.9. The summed E-state index contributed by atoms with van der Waals surface area (Å²) in [7, 11) is 0. The Hall–Kier alpha value is -1.87. The molecule has 1 aromatic heterocycles. The van der Waals surface area contributed by atoms with E-state index in [1.807, 2.05) is 12.1 Å². The average Bonchev–Trinajstić information content (AvgIpc) is 2.55. The lowest BCUT2D eigenvalue weighted by Crippen LogP contribution is -2.15. The van der Waals surface area contributed by atoms with Gasteiger partial charge in [-0.1, -0.05) is 31.2 Å². The second-order valence-electron chi connectivity index (χ2n) is 5.63. The second-order valence-corrected chi connectivity index (χ2v) is 5.63. The third kappa shape index (κ3) is 3.08. The largest absolute Gasteiger partial charge is 0.484 e. The SMILES string of the molecule is CCC(N)c1ccc(OC2CCCc3ccccc32)cn1. The van der Waals surface area contributed by atoms with Crippen LogP contribution < -0.4 is 10.5 Å². The van der Waals surface area contributed by atoms with Crippen molar-refractivity contribution in [3.8, 4) is 5.75 Å². The van der Waals surface area contributed by atoms with Gasteiger partial charge in [0.2, 0.25) is 0 Å². The van der Waals surface area contributed by atoms with Crippen molar-refractivity contribution in [2.24, 2.45) is 5.73 Å². The van der Waals surface area contributed by atoms with Crippen LogP contribution in [0.1, 0.15) is 55.2 Å². The smallest absolute Gasteiger partial charge is 0.138 e. The van der Waals surface area contributed by atoms with E-state index in [2.05, 4.69) is 36.2 Å². The summed E-state index contributed by atoms with van der Waals surface area (Å²) in [6.45, 7) is 2.07. The van der Waals surface area contributed by atoms with Crippen molar-refractivity contribution in [2.75, 3.05) is 0 Å². The molecule has 21 heavy (non-hydrogen) atoms. The van der Waals surface area contributed by atoms with E-state index in [0.717, 1.165) is 30.7 Å². The van der Waals surface area contributed by atoms with E-state index in [4.69, 9.17) is 10.5 Å². The number of benzene rings is 1. The fraction of sp³-hybridized carbons (Fsp3) is 0.389. The van der Waals surface area contributed by atoms with Crippen LogP contribution in [0.25, 0.3) is 0 Å². The topological polar surface area (TPSA) is 48.1 Å². The highest BCUT2D eigenvalue weighted by atomic mass is 16.5. The molecule has 1 heterocycles. The molecule has 1 aromatic carbocycles. The van der Waals surface area contributed by atoms with Gasteiger partial charge in [-0.3, -0.25) is 4.98 Å². The molecule has 2 atom stereocenters. The molecule has 0 amide bonds. The van der Waals surface area contributed by atoms with Gasteiger partial charge in [-0.05, 0) is 48.9 Å². The van der Waals surface area contributed by atoms with Crippen molar-refractivity contribution in [3.05, 3.63) is 59.4 Å². The predicted octanol–water partition coefficient (Wildman–Crippen LogP) is 3.95. The summed E-state index contributed by atoms with van der Waals surface area (Å²) in [5.74, 6) is 0.823. The summed E-state index contributed by atoms with van der Waals surface area (Å²) < 4.78 is 6.15. The molecule has 0 bridgehead atoms. The summed E-state index contributed by atoms with van der Waals surface area (Å²) in [4.78, 5) is 4.42. The Morgan fingerprint density at radius 1 is 1.29 bits per heavy atom. The number of hydrogen-bond donors (Lipinski definition) is 1. The molecule has 0 saturated carbocycles. The highest BCUT2D eigenvalue weighted by Crippen LogP contribution is 2.33. The first-order valence-electron chi connectivity index (χ1n) is 7.74. The fourth-order valence-corrected chi connectivity index (χ4v) is 2.89. The lowest BCUT2D eigenvalue weighted by Gasteiger charge is -2.26. The van der Waals surface area contributed by atoms with Crippen molar-refractivity contribution in [1.82, 2.24) is 4.98 Å². The summed E-state index contributed by atoms with van der Waals surface area (Å²) >= 11 is 0. The first-order valence-corrected chi connectivity index (χ1v) is 7.74. The first-order chi connectivity index (χ1) is 10.3. The maximum Gasteiger partial charge on any atom is 0.138 e. The molecule has 2 aromatic rings. The number of nitrogens with two attached hydrogens (primary N) is 1. The molecule has 0 aliphatic heterocycles. The third-order valence-electron chi connectivity index (χ3n) is 4.17. The number of ether oxygens (including phenoxy) is 1. The highest BCUT2D eigenvalue weighted by molar-refractivity contribution is 5.32. The minimum atomic E-state index is 0.00876. The van der Waals surface area contributed by atoms with E-state index < -0.39 is 0 Å². The molecule has 110 valence electrons. The van der Waals surface area contributed by atoms with Crippen LogP contribution in [0.5, 0.6) is 5.75 Å². The number of hydrogen-bond acceptors (Lipinski definition) is 3. The molecule has 2 unspecified atom stereocenters. The van der Waals surface area contributed by atoms with Gasteiger partial charge in [0.1, 0.15) is 11.9 Å². The van der Waals surface area contributed by atoms with Gasteiger partial charge in [-0.25, -0.2) is 0 Å². The number of rotatable bonds is 4. The van der Waals surface area contributed by atoms with Gasteiger partial charge in [0.15, 0.2) is 0 Å². The molecule has 1 aliphatic rings. The lowest BCUT2D eigenvalue weighted by molar-refractivity contribution is 0.182. The van der Waals surface area contributed by atoms with Crippen molar-refractivity contribution in [2.45, 2.75) is 44.8 Å². The van der Waals surface area contributed by atoms with E-state index in [1.54, 1.807) is 6.20 Å². The minimum Gasteiger partial charge on any atom is -0.484 e. The highest BCUT2D eigenvalue weighted by Gasteiger charge is 2.21. The fourth-order valence-electron chi connectivity index (χ4n) is 2.89. The van der Waals surface area contributed by atoms with E-state index in [9.17, 15) is 0 Å². The molecule has 3 nitrogen and oxygen atoms in total. The van der Waals surface area contributed by atoms with Crippen LogP contribution in [0.3, 0.4) is 0 Å². The Bertz CT molecular complexity index is 594. The minimum absolute atomic E-state index is 0.00876. The van der Waals surface area contributed by atoms with Gasteiger partial charge in [0.25, 0.3) is 0 Å². The van der Waals surface area contributed by atoms with Crippen LogP contribution in [0, 0.1) is 0 Å². The monoisotopic (exact) mass is 282 g/mol. The Morgan fingerprint density at radius 2 is 2.14 bits per heavy atom. The van der Waals surface area contributed by atoms with Gasteiger partial charge < -0.3 is 10.5 Å². The number of aromatic nitrogens is 1. The Balaban J connectivity index is 1.76. The van der Waals surface area contributed by atoms with Crippen LogP contribution in [0.4, 0.5) is 0 Å². The van der Waals surface area contributed by atoms with Crippen molar-refractivity contribution in [3.63, 3.8) is 0 Å². The molecular formula is C18H22N2O. The molecular weight excluding hydrogens is 260 g/mol. The van der Waals surface area contributed by atoms with E-state index >= 15 is 0 Å². The molecule has 0 spiro atoms. The number of nitrogens with zero attached hydrogens (tertiary/aromatic N) is 1. The van der Waals surface area contributed by atoms with E-state index in [0.29, 0.717) is 0 Å². The van der Waals surface area contributed by atoms with Gasteiger partial charge in [0.05, 0.1) is 11.9 Å². The van der Waals surface area contributed by atoms with Gasteiger partial charge >= 0.3 is 0 Å². The standard InChI is InChI=1S/C18H22N2O/c1-2-16(19)17-11-10-14(12-20-17)21-18-9-5-7-13-6-3-4-8-15(13)18/h3-4,6,8,10-12,16,18H,2,5,7,9,19H2,1H3. The molecule has 2 N–H and O–H groups in total. The molecule has 0 radical (unpaired) electrons. The molecule has 1 aliphatic carbocycles. The van der Waals surface area contributed by atoms with Gasteiger partial charge in [-0.15, -0.1) is 0 Å². The molecule has 0 saturated heterocycles. The quantitative estimate of drug-likeness (QED) is 0.923. The molecule has 3 rings (SSSR count). The van der Waals surface area contributed by atoms with Crippen LogP contribution in [0.15, 0.2) is 42.6 Å². The Labute approximate surface area is 126 Å². The third-order valence-corrected chi connectivity index (χ3v) is 4.17. The number of fused-ring (bicyclic) bond motifs is 1. The first kappa shape index (κ1) is 14.1. The Kier molecular flexibility index (Phi) is 4.20. The van der Waals surface area contributed by atoms with Gasteiger partial charge in [0, 0.05) is 6.04 Å². The van der Waals surface area contributed by atoms with Crippen molar-refractivity contribution < 1.29 is 4.74 Å². The summed E-state index contributed by atoms with van der Waals surface area (Å²) in [6, 6.07) is 12.5. The average molecular weight is 282 g/mol. The van der Waals surface area contributed by atoms with Gasteiger partial charge in [-0.2, -0.15) is 0 Å². The predicted molar refractivity (Wildman–Crippen MR) is 84.2 cm³/mol. The zero-order valence-corrected chi connectivity index (χ0v) is 12.5. The Morgan fingerprint density at radius 3 is 2.90 bits per heavy atom. The second kappa shape index (κ2) is 6.27. The number of pyridine rings is 1.